The van der Waals surface area contributed by atoms with Gasteiger partial charge in [0.2, 0.25) is 0 Å². The molecule has 0 aliphatic heterocycles. The first kappa shape index (κ1) is 7.55. The summed E-state index contributed by atoms with van der Waals surface area (Å²) in [4.78, 5) is 0. The Morgan fingerprint density at radius 1 is 1.75 bits per heavy atom. The van der Waals surface area contributed by atoms with E-state index in [4.69, 9.17) is 0 Å². The van der Waals surface area contributed by atoms with Gasteiger partial charge in [0.15, 0.2) is 0 Å². The van der Waals surface area contributed by atoms with E-state index in [2.05, 4.69) is 21.7 Å². The molecule has 0 heterocycles. The fourth-order valence-electron chi connectivity index (χ4n) is 0.0829. The molecular weight excluding hydrogens is 150 g/mol. The van der Waals surface area contributed by atoms with Gasteiger partial charge in [-0.3, -0.25) is 4.28 Å². The van der Waals surface area contributed by atoms with Crippen LogP contribution >= 0.6 is 12.2 Å². The summed E-state index contributed by atoms with van der Waals surface area (Å²) < 4.78 is 23.7. The van der Waals surface area contributed by atoms with Crippen molar-refractivity contribution in [2.24, 2.45) is 5.16 Å². The summed E-state index contributed by atoms with van der Waals surface area (Å²) in [6, 6.07) is 0. The minimum absolute atomic E-state index is 0.864. The van der Waals surface area contributed by atoms with Crippen LogP contribution in [0.25, 0.3) is 0 Å². The molecule has 0 N–H and O–H groups in total. The van der Waals surface area contributed by atoms with Crippen molar-refractivity contribution in [3.8, 4) is 0 Å². The van der Waals surface area contributed by atoms with Gasteiger partial charge in [-0.05, 0) is 17.4 Å². The molecule has 4 nitrogen and oxygen atoms in total. The standard InChI is InChI=1S/C2H3NO3S2/c1-8(4,5)6-3-2-7/h1H3. The van der Waals surface area contributed by atoms with Gasteiger partial charge in [-0.15, -0.1) is 0 Å². The number of hydrogen-bond acceptors (Lipinski definition) is 5. The molecule has 46 valence electrons. The van der Waals surface area contributed by atoms with Crippen LogP contribution in [0.2, 0.25) is 0 Å². The third-order valence-electron chi connectivity index (χ3n) is 0.210. The van der Waals surface area contributed by atoms with Gasteiger partial charge in [-0.2, -0.15) is 8.42 Å². The molecule has 0 spiro atoms. The lowest BCUT2D eigenvalue weighted by Gasteiger charge is -1.85. The summed E-state index contributed by atoms with van der Waals surface area (Å²) in [7, 11) is -3.48. The van der Waals surface area contributed by atoms with Crippen LogP contribution in [0.5, 0.6) is 0 Å². The first-order valence-corrected chi connectivity index (χ1v) is 3.74. The molecule has 8 heavy (non-hydrogen) atoms. The van der Waals surface area contributed by atoms with E-state index >= 15 is 0 Å². The molecule has 0 unspecified atom stereocenters. The van der Waals surface area contributed by atoms with Crippen molar-refractivity contribution in [3.63, 3.8) is 0 Å². The Labute approximate surface area is 52.3 Å². The number of nitrogens with zero attached hydrogens (tertiary/aromatic N) is 1. The van der Waals surface area contributed by atoms with Crippen molar-refractivity contribution in [3.05, 3.63) is 0 Å². The van der Waals surface area contributed by atoms with E-state index in [0.29, 0.717) is 0 Å². The second kappa shape index (κ2) is 2.76. The summed E-state index contributed by atoms with van der Waals surface area (Å²) in [6.45, 7) is 0. The molecule has 0 aromatic heterocycles. The van der Waals surface area contributed by atoms with Gasteiger partial charge in [0.1, 0.15) is 5.16 Å². The van der Waals surface area contributed by atoms with Gasteiger partial charge in [-0.1, -0.05) is 0 Å². The van der Waals surface area contributed by atoms with Gasteiger partial charge in [0.25, 0.3) is 0 Å². The van der Waals surface area contributed by atoms with Crippen molar-refractivity contribution in [1.29, 1.82) is 0 Å². The highest BCUT2D eigenvalue weighted by Gasteiger charge is 1.95. The van der Waals surface area contributed by atoms with E-state index in [1.54, 1.807) is 5.16 Å². The zero-order valence-corrected chi connectivity index (χ0v) is 5.62. The summed E-state index contributed by atoms with van der Waals surface area (Å²) >= 11 is 4.01. The minimum Gasteiger partial charge on any atom is -0.259 e. The van der Waals surface area contributed by atoms with Crippen molar-refractivity contribution >= 4 is 27.5 Å². The molecule has 0 atom stereocenters. The van der Waals surface area contributed by atoms with Gasteiger partial charge in [0, 0.05) is 0 Å². The van der Waals surface area contributed by atoms with Gasteiger partial charge in [-0.25, -0.2) is 0 Å². The quantitative estimate of drug-likeness (QED) is 0.318. The lowest BCUT2D eigenvalue weighted by Crippen LogP contribution is -1.95. The first-order valence-electron chi connectivity index (χ1n) is 1.52. The van der Waals surface area contributed by atoms with E-state index in [1.807, 2.05) is 0 Å². The highest BCUT2D eigenvalue weighted by molar-refractivity contribution is 7.86. The zero-order valence-electron chi connectivity index (χ0n) is 3.99. The molecule has 0 aliphatic carbocycles. The predicted octanol–water partition coefficient (Wildman–Crippen LogP) is -0.0196. The minimum atomic E-state index is -3.48. The number of thiocarbonyl (C=S) groups is 1. The van der Waals surface area contributed by atoms with Crippen molar-refractivity contribution in [2.75, 3.05) is 6.26 Å². The number of rotatable bonds is 2. The summed E-state index contributed by atoms with van der Waals surface area (Å²) in [5.74, 6) is 0. The molecule has 0 aromatic rings. The molecule has 0 saturated carbocycles. The molecule has 6 heteroatoms. The van der Waals surface area contributed by atoms with E-state index < -0.39 is 10.1 Å². The lowest BCUT2D eigenvalue weighted by atomic mass is 11.7. The third kappa shape index (κ3) is 5.55. The fourth-order valence-corrected chi connectivity index (χ4v) is 0.340. The Morgan fingerprint density at radius 3 is 2.38 bits per heavy atom. The molecule has 0 aliphatic rings. The normalized spacial score (nSPS) is 9.62. The second-order valence-corrected chi connectivity index (χ2v) is 2.70. The first-order chi connectivity index (χ1) is 3.56. The SMILES string of the molecule is CS(=O)(=O)ON=C=S. The van der Waals surface area contributed by atoms with E-state index in [1.165, 1.54) is 0 Å². The molecule has 0 saturated heterocycles. The zero-order chi connectivity index (χ0) is 6.62. The monoisotopic (exact) mass is 153 g/mol. The Hall–Kier alpha value is -0.450. The van der Waals surface area contributed by atoms with Crippen LogP contribution in [-0.4, -0.2) is 19.8 Å². The van der Waals surface area contributed by atoms with Crippen LogP contribution in [0.4, 0.5) is 0 Å². The Kier molecular flexibility index (Phi) is 2.60. The van der Waals surface area contributed by atoms with Gasteiger partial charge < -0.3 is 0 Å². The average molecular weight is 153 g/mol. The van der Waals surface area contributed by atoms with E-state index in [9.17, 15) is 8.42 Å². The van der Waals surface area contributed by atoms with Crippen LogP contribution in [0.1, 0.15) is 0 Å². The molecule has 0 fully saturated rings. The highest BCUT2D eigenvalue weighted by atomic mass is 32.2. The molecule has 0 radical (unpaired) electrons. The van der Waals surface area contributed by atoms with Crippen LogP contribution < -0.4 is 0 Å². The van der Waals surface area contributed by atoms with Crippen LogP contribution in [0, 0.1) is 0 Å². The molecule has 0 bridgehead atoms. The molecule has 0 amide bonds. The maximum absolute atomic E-state index is 9.99. The number of hydrogen-bond donors (Lipinski definition) is 0. The Balaban J connectivity index is 3.94. The largest absolute Gasteiger partial charge is 0.326 e. The molecular formula is C2H3NO3S2. The van der Waals surface area contributed by atoms with Crippen LogP contribution in [0.3, 0.4) is 0 Å². The smallest absolute Gasteiger partial charge is 0.259 e. The lowest BCUT2D eigenvalue weighted by molar-refractivity contribution is 0.346. The third-order valence-corrected chi connectivity index (χ3v) is 0.630. The topological polar surface area (TPSA) is 55.7 Å². The number of isothiocyanates is 1. The van der Waals surface area contributed by atoms with Crippen molar-refractivity contribution < 1.29 is 12.7 Å². The maximum Gasteiger partial charge on any atom is 0.326 e. The van der Waals surface area contributed by atoms with E-state index in [-0.39, 0.29) is 0 Å². The van der Waals surface area contributed by atoms with Crippen molar-refractivity contribution in [1.82, 2.24) is 0 Å². The van der Waals surface area contributed by atoms with Crippen LogP contribution in [0.15, 0.2) is 5.16 Å². The van der Waals surface area contributed by atoms with Gasteiger partial charge >= 0.3 is 10.1 Å². The van der Waals surface area contributed by atoms with Crippen LogP contribution in [-0.2, 0) is 14.4 Å². The second-order valence-electron chi connectivity index (χ2n) is 0.961. The summed E-state index contributed by atoms with van der Waals surface area (Å²) in [5, 5.41) is 4.45. The summed E-state index contributed by atoms with van der Waals surface area (Å²) in [6.07, 6.45) is 0.864. The van der Waals surface area contributed by atoms with E-state index in [0.717, 1.165) is 6.26 Å². The van der Waals surface area contributed by atoms with Crippen molar-refractivity contribution in [2.45, 2.75) is 0 Å². The fraction of sp³-hybridized carbons (Fsp3) is 0.500. The Bertz CT molecular complexity index is 199. The summed E-state index contributed by atoms with van der Waals surface area (Å²) in [5.41, 5.74) is 0. The Morgan fingerprint density at radius 2 is 2.25 bits per heavy atom. The average Bonchev–Trinajstić information content (AvgIpc) is 1.59. The van der Waals surface area contributed by atoms with Gasteiger partial charge in [0.05, 0.1) is 6.26 Å². The predicted molar refractivity (Wildman–Crippen MR) is 31.0 cm³/mol. The highest BCUT2D eigenvalue weighted by Crippen LogP contribution is 1.83. The molecule has 0 aromatic carbocycles. The maximum atomic E-state index is 9.99. The molecule has 0 rings (SSSR count).